The van der Waals surface area contributed by atoms with E-state index in [-0.39, 0.29) is 6.17 Å². The summed E-state index contributed by atoms with van der Waals surface area (Å²) in [4.78, 5) is 12.6. The van der Waals surface area contributed by atoms with Crippen LogP contribution in [0.4, 0.5) is 0 Å². The van der Waals surface area contributed by atoms with Gasteiger partial charge in [-0.1, -0.05) is 146 Å². The molecule has 0 radical (unpaired) electrons. The van der Waals surface area contributed by atoms with Gasteiger partial charge in [-0.25, -0.2) is 9.98 Å². The summed E-state index contributed by atoms with van der Waals surface area (Å²) >= 11 is 0. The number of aromatic nitrogens is 2. The van der Waals surface area contributed by atoms with Crippen LogP contribution in [0.3, 0.4) is 0 Å². The summed E-state index contributed by atoms with van der Waals surface area (Å²) in [7, 11) is 2.09. The smallest absolute Gasteiger partial charge is 0.159 e. The van der Waals surface area contributed by atoms with Crippen molar-refractivity contribution in [1.82, 2.24) is 14.0 Å². The van der Waals surface area contributed by atoms with E-state index in [9.17, 15) is 0 Å². The van der Waals surface area contributed by atoms with Gasteiger partial charge in [0, 0.05) is 51.1 Å². The lowest BCUT2D eigenvalue weighted by Crippen LogP contribution is -2.35. The first kappa shape index (κ1) is 32.9. The second-order valence-corrected chi connectivity index (χ2v) is 14.7. The van der Waals surface area contributed by atoms with E-state index >= 15 is 0 Å². The first-order valence-electron chi connectivity index (χ1n) is 19.4. The van der Waals surface area contributed by atoms with Crippen LogP contribution in [0.25, 0.3) is 66.1 Å². The number of benzene rings is 8. The topological polar surface area (TPSA) is 37.8 Å². The van der Waals surface area contributed by atoms with Gasteiger partial charge in [-0.15, -0.1) is 0 Å². The van der Waals surface area contributed by atoms with Gasteiger partial charge in [0.05, 0.1) is 22.1 Å². The lowest BCUT2D eigenvalue weighted by atomic mass is 10.0. The molecule has 8 aromatic carbocycles. The summed E-state index contributed by atoms with van der Waals surface area (Å²) in [5.74, 6) is 1.62. The number of aliphatic imine (C=N–C) groups is 2. The predicted molar refractivity (Wildman–Crippen MR) is 237 cm³/mol. The second kappa shape index (κ2) is 13.4. The molecule has 3 heterocycles. The Morgan fingerprint density at radius 1 is 0.386 bits per heavy atom. The Balaban J connectivity index is 1.06. The molecular formula is C52H37N5. The molecular weight excluding hydrogens is 695 g/mol. The Morgan fingerprint density at radius 3 is 1.67 bits per heavy atom. The van der Waals surface area contributed by atoms with Crippen LogP contribution in [0.2, 0.25) is 0 Å². The molecule has 0 N–H and O–H groups in total. The van der Waals surface area contributed by atoms with Gasteiger partial charge in [0.15, 0.2) is 12.0 Å². The lowest BCUT2D eigenvalue weighted by Gasteiger charge is -2.32. The molecule has 11 rings (SSSR count). The molecule has 1 unspecified atom stereocenters. The van der Waals surface area contributed by atoms with E-state index in [2.05, 4.69) is 197 Å². The number of amidine groups is 2. The summed E-state index contributed by atoms with van der Waals surface area (Å²) in [6, 6.07) is 71.4. The highest BCUT2D eigenvalue weighted by Gasteiger charge is 2.27. The normalized spacial score (nSPS) is 14.4. The Labute approximate surface area is 330 Å². The van der Waals surface area contributed by atoms with Gasteiger partial charge in [-0.05, 0) is 71.3 Å². The Kier molecular flexibility index (Phi) is 7.71. The maximum absolute atomic E-state index is 5.29. The van der Waals surface area contributed by atoms with Crippen LogP contribution in [0, 0.1) is 0 Å². The van der Waals surface area contributed by atoms with Crippen LogP contribution in [-0.4, -0.2) is 32.8 Å². The summed E-state index contributed by atoms with van der Waals surface area (Å²) in [6.07, 6.45) is -0.277. The number of hydrogen-bond donors (Lipinski definition) is 0. The monoisotopic (exact) mass is 731 g/mol. The van der Waals surface area contributed by atoms with E-state index in [4.69, 9.17) is 9.98 Å². The highest BCUT2D eigenvalue weighted by Crippen LogP contribution is 2.39. The molecule has 5 heteroatoms. The SMILES string of the molecule is CN1C(c2ccccc2)=NC(c2ccccc2)=NC1c1cccc(-n2c3ccccc3c3ccc(-c4ccc5c(c4)c4ccccc4n5-c4ccccc4)cc32)c1. The number of para-hydroxylation sites is 3. The molecule has 0 fully saturated rings. The van der Waals surface area contributed by atoms with Gasteiger partial charge in [0.25, 0.3) is 0 Å². The van der Waals surface area contributed by atoms with Gasteiger partial charge < -0.3 is 14.0 Å². The maximum Gasteiger partial charge on any atom is 0.159 e. The molecule has 0 bridgehead atoms. The minimum absolute atomic E-state index is 0.277. The van der Waals surface area contributed by atoms with Crippen LogP contribution in [0.15, 0.2) is 210 Å². The van der Waals surface area contributed by atoms with Crippen LogP contribution in [0.5, 0.6) is 0 Å². The molecule has 1 aliphatic heterocycles. The summed E-state index contributed by atoms with van der Waals surface area (Å²) in [6.45, 7) is 0. The Hall–Kier alpha value is -7.50. The van der Waals surface area contributed by atoms with E-state index in [0.29, 0.717) is 0 Å². The number of hydrogen-bond acceptors (Lipinski definition) is 3. The van der Waals surface area contributed by atoms with Crippen molar-refractivity contribution in [2.24, 2.45) is 9.98 Å². The molecule has 1 atom stereocenters. The average Bonchev–Trinajstić information content (AvgIpc) is 3.79. The minimum atomic E-state index is -0.277. The van der Waals surface area contributed by atoms with Gasteiger partial charge in [0.1, 0.15) is 5.84 Å². The molecule has 2 aromatic heterocycles. The molecule has 0 amide bonds. The summed E-state index contributed by atoms with van der Waals surface area (Å²) in [5.41, 5.74) is 12.5. The number of rotatable bonds is 6. The van der Waals surface area contributed by atoms with E-state index in [1.807, 2.05) is 24.3 Å². The standard InChI is InChI=1S/C52H37N5/c1-55-51(36-18-7-3-8-19-36)53-50(35-16-5-2-6-17-35)54-52(55)39-20-15-23-41(32-39)57-46-26-13-11-24-42(46)44-30-28-38(34-49(44)57)37-29-31-48-45(33-37)43-25-12-14-27-47(43)56(48)40-21-9-4-10-22-40/h2-34,52H,1H3. The maximum atomic E-state index is 5.29. The molecule has 0 saturated carbocycles. The molecule has 0 saturated heterocycles. The molecule has 0 aliphatic carbocycles. The lowest BCUT2D eigenvalue weighted by molar-refractivity contribution is 0.383. The zero-order chi connectivity index (χ0) is 37.9. The molecule has 5 nitrogen and oxygen atoms in total. The van der Waals surface area contributed by atoms with Crippen molar-refractivity contribution in [2.75, 3.05) is 7.05 Å². The fourth-order valence-corrected chi connectivity index (χ4v) is 8.67. The predicted octanol–water partition coefficient (Wildman–Crippen LogP) is 12.4. The van der Waals surface area contributed by atoms with E-state index in [0.717, 1.165) is 45.3 Å². The van der Waals surface area contributed by atoms with E-state index < -0.39 is 0 Å². The van der Waals surface area contributed by atoms with Gasteiger partial charge in [-0.3, -0.25) is 0 Å². The third kappa shape index (κ3) is 5.47. The third-order valence-electron chi connectivity index (χ3n) is 11.3. The first-order chi connectivity index (χ1) is 28.2. The van der Waals surface area contributed by atoms with Crippen molar-refractivity contribution >= 4 is 55.3 Å². The van der Waals surface area contributed by atoms with Crippen LogP contribution < -0.4 is 0 Å². The second-order valence-electron chi connectivity index (χ2n) is 14.7. The van der Waals surface area contributed by atoms with Crippen molar-refractivity contribution in [1.29, 1.82) is 0 Å². The highest BCUT2D eigenvalue weighted by atomic mass is 15.3. The fourth-order valence-electron chi connectivity index (χ4n) is 8.67. The Bertz CT molecular complexity index is 3190. The summed E-state index contributed by atoms with van der Waals surface area (Å²) in [5, 5.41) is 4.94. The molecule has 1 aliphatic rings. The fraction of sp³-hybridized carbons (Fsp3) is 0.0385. The number of nitrogens with zero attached hydrogens (tertiary/aromatic N) is 5. The van der Waals surface area contributed by atoms with Crippen molar-refractivity contribution in [2.45, 2.75) is 6.17 Å². The zero-order valence-electron chi connectivity index (χ0n) is 31.4. The molecule has 270 valence electrons. The third-order valence-corrected chi connectivity index (χ3v) is 11.3. The van der Waals surface area contributed by atoms with Gasteiger partial charge in [0.2, 0.25) is 0 Å². The van der Waals surface area contributed by atoms with Crippen LogP contribution in [-0.2, 0) is 0 Å². The highest BCUT2D eigenvalue weighted by molar-refractivity contribution is 6.14. The van der Waals surface area contributed by atoms with Crippen molar-refractivity contribution < 1.29 is 0 Å². The van der Waals surface area contributed by atoms with Crippen molar-refractivity contribution in [3.05, 3.63) is 217 Å². The van der Waals surface area contributed by atoms with Crippen LogP contribution in [0.1, 0.15) is 22.9 Å². The van der Waals surface area contributed by atoms with Crippen molar-refractivity contribution in [3.63, 3.8) is 0 Å². The van der Waals surface area contributed by atoms with E-state index in [1.165, 1.54) is 49.2 Å². The zero-order valence-corrected chi connectivity index (χ0v) is 31.4. The largest absolute Gasteiger partial charge is 0.333 e. The average molecular weight is 732 g/mol. The van der Waals surface area contributed by atoms with Gasteiger partial charge in [-0.2, -0.15) is 0 Å². The van der Waals surface area contributed by atoms with Crippen LogP contribution >= 0.6 is 0 Å². The Morgan fingerprint density at radius 2 is 0.930 bits per heavy atom. The van der Waals surface area contributed by atoms with E-state index in [1.54, 1.807) is 0 Å². The summed E-state index contributed by atoms with van der Waals surface area (Å²) < 4.78 is 4.78. The van der Waals surface area contributed by atoms with Gasteiger partial charge >= 0.3 is 0 Å². The first-order valence-corrected chi connectivity index (χ1v) is 19.4. The molecule has 0 spiro atoms. The van der Waals surface area contributed by atoms with Crippen molar-refractivity contribution in [3.8, 4) is 22.5 Å². The molecule has 10 aromatic rings. The molecule has 57 heavy (non-hydrogen) atoms. The quantitative estimate of drug-likeness (QED) is 0.168. The minimum Gasteiger partial charge on any atom is -0.333 e. The number of fused-ring (bicyclic) bond motifs is 6.